The number of hydrogen-bond donors (Lipinski definition) is 1. The van der Waals surface area contributed by atoms with Gasteiger partial charge in [-0.15, -0.1) is 0 Å². The van der Waals surface area contributed by atoms with Crippen LogP contribution in [0.25, 0.3) is 0 Å². The third-order valence-corrected chi connectivity index (χ3v) is 3.63. The number of carbonyl (C=O) groups excluding carboxylic acids is 2. The summed E-state index contributed by atoms with van der Waals surface area (Å²) in [7, 11) is 5.04. The molecule has 120 valence electrons. The van der Waals surface area contributed by atoms with E-state index in [0.29, 0.717) is 30.3 Å². The molecule has 0 spiro atoms. The maximum absolute atomic E-state index is 12.1. The number of carbonyl (C=O) groups is 2. The molecule has 1 N–H and O–H groups in total. The van der Waals surface area contributed by atoms with Crippen molar-refractivity contribution in [2.75, 3.05) is 52.8 Å². The van der Waals surface area contributed by atoms with Crippen molar-refractivity contribution < 1.29 is 19.1 Å². The molecule has 2 rings (SSSR count). The molecule has 22 heavy (non-hydrogen) atoms. The van der Waals surface area contributed by atoms with Crippen LogP contribution in [0, 0.1) is 0 Å². The minimum absolute atomic E-state index is 0.491. The molecule has 1 saturated heterocycles. The third-order valence-electron chi connectivity index (χ3n) is 3.63. The van der Waals surface area contributed by atoms with E-state index < -0.39 is 11.8 Å². The first-order chi connectivity index (χ1) is 10.5. The van der Waals surface area contributed by atoms with Crippen molar-refractivity contribution in [2.24, 2.45) is 0 Å². The highest BCUT2D eigenvalue weighted by molar-refractivity contribution is 6.39. The van der Waals surface area contributed by atoms with E-state index in [4.69, 9.17) is 9.47 Å². The quantitative estimate of drug-likeness (QED) is 0.819. The number of amides is 2. The largest absolute Gasteiger partial charge is 0.493 e. The fourth-order valence-corrected chi connectivity index (χ4v) is 2.25. The summed E-state index contributed by atoms with van der Waals surface area (Å²) < 4.78 is 10.3. The summed E-state index contributed by atoms with van der Waals surface area (Å²) in [6.45, 7) is 2.67. The van der Waals surface area contributed by atoms with Gasteiger partial charge in [0.05, 0.1) is 14.2 Å². The Morgan fingerprint density at radius 2 is 1.68 bits per heavy atom. The van der Waals surface area contributed by atoms with Gasteiger partial charge in [0.2, 0.25) is 0 Å². The fraction of sp³-hybridized carbons (Fsp3) is 0.467. The van der Waals surface area contributed by atoms with Gasteiger partial charge in [0.25, 0.3) is 0 Å². The number of methoxy groups -OCH3 is 2. The fourth-order valence-electron chi connectivity index (χ4n) is 2.25. The Labute approximate surface area is 129 Å². The Hall–Kier alpha value is -2.28. The molecule has 0 aliphatic carbocycles. The van der Waals surface area contributed by atoms with Gasteiger partial charge >= 0.3 is 11.8 Å². The van der Waals surface area contributed by atoms with Gasteiger partial charge in [-0.2, -0.15) is 0 Å². The number of piperazine rings is 1. The molecule has 0 bridgehead atoms. The summed E-state index contributed by atoms with van der Waals surface area (Å²) in [6, 6.07) is 4.96. The van der Waals surface area contributed by atoms with Crippen molar-refractivity contribution in [3.05, 3.63) is 18.2 Å². The summed E-state index contributed by atoms with van der Waals surface area (Å²) in [5.74, 6) is -0.0992. The number of nitrogens with one attached hydrogen (secondary N) is 1. The Bertz CT molecular complexity index is 554. The first-order valence-electron chi connectivity index (χ1n) is 7.06. The lowest BCUT2D eigenvalue weighted by atomic mass is 10.2. The molecule has 1 aliphatic rings. The minimum Gasteiger partial charge on any atom is -0.493 e. The highest BCUT2D eigenvalue weighted by Crippen LogP contribution is 2.29. The number of nitrogens with zero attached hydrogens (tertiary/aromatic N) is 2. The molecular weight excluding hydrogens is 286 g/mol. The Kier molecular flexibility index (Phi) is 5.21. The maximum atomic E-state index is 12.1. The van der Waals surface area contributed by atoms with Crippen LogP contribution in [0.4, 0.5) is 5.69 Å². The summed E-state index contributed by atoms with van der Waals surface area (Å²) in [6.07, 6.45) is 0. The number of anilines is 1. The van der Waals surface area contributed by atoms with Crippen molar-refractivity contribution in [3.63, 3.8) is 0 Å². The molecule has 2 amide bonds. The normalized spacial score (nSPS) is 15.3. The summed E-state index contributed by atoms with van der Waals surface area (Å²) in [5.41, 5.74) is 0.491. The van der Waals surface area contributed by atoms with Crippen LogP contribution in [0.5, 0.6) is 11.5 Å². The number of hydrogen-bond acceptors (Lipinski definition) is 5. The smallest absolute Gasteiger partial charge is 0.313 e. The first-order valence-corrected chi connectivity index (χ1v) is 7.06. The van der Waals surface area contributed by atoms with Crippen molar-refractivity contribution in [3.8, 4) is 11.5 Å². The lowest BCUT2D eigenvalue weighted by Crippen LogP contribution is -2.50. The zero-order valence-corrected chi connectivity index (χ0v) is 13.1. The van der Waals surface area contributed by atoms with Gasteiger partial charge in [0.1, 0.15) is 0 Å². The molecule has 0 aromatic heterocycles. The van der Waals surface area contributed by atoms with Crippen molar-refractivity contribution >= 4 is 17.5 Å². The highest BCUT2D eigenvalue weighted by atomic mass is 16.5. The van der Waals surface area contributed by atoms with Crippen LogP contribution in [0.1, 0.15) is 0 Å². The number of ether oxygens (including phenoxy) is 2. The summed E-state index contributed by atoms with van der Waals surface area (Å²) in [4.78, 5) is 27.9. The predicted octanol–water partition coefficient (Wildman–Crippen LogP) is 0.416. The maximum Gasteiger partial charge on any atom is 0.313 e. The zero-order valence-electron chi connectivity index (χ0n) is 13.1. The van der Waals surface area contributed by atoms with Gasteiger partial charge in [-0.3, -0.25) is 9.59 Å². The van der Waals surface area contributed by atoms with Crippen molar-refractivity contribution in [1.82, 2.24) is 9.80 Å². The predicted molar refractivity (Wildman–Crippen MR) is 82.3 cm³/mol. The number of benzene rings is 1. The molecule has 1 aromatic carbocycles. The minimum atomic E-state index is -0.642. The van der Waals surface area contributed by atoms with E-state index in [-0.39, 0.29) is 0 Å². The number of likely N-dealkylation sites (N-methyl/N-ethyl adjacent to an activating group) is 1. The van der Waals surface area contributed by atoms with E-state index in [1.807, 2.05) is 7.05 Å². The average molecular weight is 307 g/mol. The van der Waals surface area contributed by atoms with E-state index in [1.165, 1.54) is 14.2 Å². The lowest BCUT2D eigenvalue weighted by molar-refractivity contribution is -0.144. The van der Waals surface area contributed by atoms with E-state index >= 15 is 0 Å². The van der Waals surface area contributed by atoms with Gasteiger partial charge in [0.15, 0.2) is 11.5 Å². The van der Waals surface area contributed by atoms with Gasteiger partial charge in [-0.1, -0.05) is 0 Å². The summed E-state index contributed by atoms with van der Waals surface area (Å²) in [5, 5.41) is 2.60. The Morgan fingerprint density at radius 3 is 2.27 bits per heavy atom. The average Bonchev–Trinajstić information content (AvgIpc) is 2.54. The van der Waals surface area contributed by atoms with E-state index in [2.05, 4.69) is 10.2 Å². The second-order valence-electron chi connectivity index (χ2n) is 5.12. The Balaban J connectivity index is 2.00. The van der Waals surface area contributed by atoms with Gasteiger partial charge in [-0.05, 0) is 19.2 Å². The zero-order chi connectivity index (χ0) is 16.1. The third kappa shape index (κ3) is 3.67. The molecule has 7 nitrogen and oxygen atoms in total. The second-order valence-corrected chi connectivity index (χ2v) is 5.12. The van der Waals surface area contributed by atoms with Gasteiger partial charge in [0, 0.05) is 37.9 Å². The van der Waals surface area contributed by atoms with E-state index in [9.17, 15) is 9.59 Å². The molecule has 0 radical (unpaired) electrons. The van der Waals surface area contributed by atoms with E-state index in [1.54, 1.807) is 23.1 Å². The molecule has 1 heterocycles. The highest BCUT2D eigenvalue weighted by Gasteiger charge is 2.25. The molecular formula is C15H21N3O4. The Morgan fingerprint density at radius 1 is 1.05 bits per heavy atom. The lowest BCUT2D eigenvalue weighted by Gasteiger charge is -2.31. The van der Waals surface area contributed by atoms with Crippen LogP contribution in [-0.4, -0.2) is 69.1 Å². The van der Waals surface area contributed by atoms with Crippen LogP contribution >= 0.6 is 0 Å². The molecule has 1 fully saturated rings. The summed E-state index contributed by atoms with van der Waals surface area (Å²) >= 11 is 0. The molecule has 1 aliphatic heterocycles. The molecule has 0 unspecified atom stereocenters. The molecule has 1 aromatic rings. The first kappa shape index (κ1) is 16.1. The molecule has 0 saturated carbocycles. The van der Waals surface area contributed by atoms with Gasteiger partial charge in [-0.25, -0.2) is 0 Å². The number of rotatable bonds is 3. The monoisotopic (exact) mass is 307 g/mol. The second kappa shape index (κ2) is 7.13. The standard InChI is InChI=1S/C15H21N3O4/c1-17-6-8-18(9-7-17)15(20)14(19)16-11-4-5-12(21-2)13(10-11)22-3/h4-5,10H,6-9H2,1-3H3,(H,16,19). The molecule has 0 atom stereocenters. The van der Waals surface area contributed by atoms with Crippen LogP contribution < -0.4 is 14.8 Å². The van der Waals surface area contributed by atoms with E-state index in [0.717, 1.165) is 13.1 Å². The van der Waals surface area contributed by atoms with Crippen molar-refractivity contribution in [1.29, 1.82) is 0 Å². The van der Waals surface area contributed by atoms with Crippen LogP contribution in [-0.2, 0) is 9.59 Å². The molecule has 7 heteroatoms. The van der Waals surface area contributed by atoms with Crippen molar-refractivity contribution in [2.45, 2.75) is 0 Å². The van der Waals surface area contributed by atoms with Crippen LogP contribution in [0.3, 0.4) is 0 Å². The van der Waals surface area contributed by atoms with Crippen LogP contribution in [0.15, 0.2) is 18.2 Å². The van der Waals surface area contributed by atoms with Gasteiger partial charge < -0.3 is 24.6 Å². The SMILES string of the molecule is COc1ccc(NC(=O)C(=O)N2CCN(C)CC2)cc1OC. The topological polar surface area (TPSA) is 71.1 Å². The van der Waals surface area contributed by atoms with Crippen LogP contribution in [0.2, 0.25) is 0 Å².